The largest absolute Gasteiger partial charge is 0.508 e. The average Bonchev–Trinajstić information content (AvgIpc) is 2.36. The summed E-state index contributed by atoms with van der Waals surface area (Å²) in [5.41, 5.74) is 1.05. The molecule has 0 aliphatic heterocycles. The van der Waals surface area contributed by atoms with Gasteiger partial charge in [-0.25, -0.2) is 0 Å². The lowest BCUT2D eigenvalue weighted by Gasteiger charge is -2.05. The van der Waals surface area contributed by atoms with E-state index in [9.17, 15) is 15.0 Å². The molecule has 0 saturated carbocycles. The number of benzene rings is 2. The molecule has 0 aliphatic rings. The number of aryl methyl sites for hydroxylation is 1. The van der Waals surface area contributed by atoms with Gasteiger partial charge in [-0.2, -0.15) is 0 Å². The number of ether oxygens (including phenoxy) is 1. The van der Waals surface area contributed by atoms with E-state index < -0.39 is 5.97 Å². The molecule has 0 saturated heterocycles. The molecule has 0 aromatic heterocycles. The van der Waals surface area contributed by atoms with E-state index in [0.717, 1.165) is 5.56 Å². The van der Waals surface area contributed by atoms with Crippen molar-refractivity contribution in [3.05, 3.63) is 54.1 Å². The Morgan fingerprint density at radius 2 is 1.63 bits per heavy atom. The molecule has 0 fully saturated rings. The zero-order valence-electron chi connectivity index (χ0n) is 10.2. The van der Waals surface area contributed by atoms with E-state index in [0.29, 0.717) is 6.42 Å². The fraction of sp³-hybridized carbons (Fsp3) is 0.133. The summed E-state index contributed by atoms with van der Waals surface area (Å²) >= 11 is 0. The zero-order valence-corrected chi connectivity index (χ0v) is 10.2. The Morgan fingerprint density at radius 1 is 1.00 bits per heavy atom. The number of carbonyl (C=O) groups excluding carboxylic acids is 1. The third-order valence-electron chi connectivity index (χ3n) is 2.57. The first-order chi connectivity index (χ1) is 9.13. The Kier molecular flexibility index (Phi) is 4.03. The van der Waals surface area contributed by atoms with Gasteiger partial charge in [-0.1, -0.05) is 30.3 Å². The van der Waals surface area contributed by atoms with Crippen molar-refractivity contribution in [2.45, 2.75) is 12.8 Å². The normalized spacial score (nSPS) is 10.1. The molecule has 0 unspecified atom stereocenters. The van der Waals surface area contributed by atoms with Crippen LogP contribution in [0, 0.1) is 0 Å². The van der Waals surface area contributed by atoms with Gasteiger partial charge in [0.15, 0.2) is 0 Å². The van der Waals surface area contributed by atoms with Crippen molar-refractivity contribution in [3.8, 4) is 17.2 Å². The maximum Gasteiger partial charge on any atom is 0.311 e. The van der Waals surface area contributed by atoms with Crippen molar-refractivity contribution in [2.75, 3.05) is 0 Å². The predicted molar refractivity (Wildman–Crippen MR) is 70.2 cm³/mol. The molecule has 2 aromatic carbocycles. The second-order valence-electron chi connectivity index (χ2n) is 4.14. The van der Waals surface area contributed by atoms with Gasteiger partial charge in [0.05, 0.1) is 0 Å². The quantitative estimate of drug-likeness (QED) is 0.653. The average molecular weight is 258 g/mol. The highest BCUT2D eigenvalue weighted by Gasteiger charge is 2.07. The summed E-state index contributed by atoms with van der Waals surface area (Å²) in [5, 5.41) is 18.5. The van der Waals surface area contributed by atoms with E-state index in [4.69, 9.17) is 4.74 Å². The summed E-state index contributed by atoms with van der Waals surface area (Å²) in [6.07, 6.45) is 0.824. The van der Waals surface area contributed by atoms with Crippen LogP contribution < -0.4 is 4.74 Å². The van der Waals surface area contributed by atoms with Crippen LogP contribution in [0.15, 0.2) is 48.5 Å². The molecule has 0 amide bonds. The van der Waals surface area contributed by atoms with Gasteiger partial charge in [0.1, 0.15) is 17.2 Å². The summed E-state index contributed by atoms with van der Waals surface area (Å²) in [7, 11) is 0. The molecule has 4 nitrogen and oxygen atoms in total. The number of phenols is 2. The fourth-order valence-corrected chi connectivity index (χ4v) is 1.70. The van der Waals surface area contributed by atoms with Crippen molar-refractivity contribution in [3.63, 3.8) is 0 Å². The van der Waals surface area contributed by atoms with Crippen LogP contribution in [0.3, 0.4) is 0 Å². The van der Waals surface area contributed by atoms with Crippen LogP contribution in [0.25, 0.3) is 0 Å². The highest BCUT2D eigenvalue weighted by atomic mass is 16.5. The van der Waals surface area contributed by atoms with Gasteiger partial charge >= 0.3 is 5.97 Å². The first kappa shape index (κ1) is 13.0. The number of hydrogen-bond donors (Lipinski definition) is 2. The summed E-state index contributed by atoms with van der Waals surface area (Å²) in [5.74, 6) is -0.568. The first-order valence-corrected chi connectivity index (χ1v) is 5.91. The highest BCUT2D eigenvalue weighted by molar-refractivity contribution is 5.73. The van der Waals surface area contributed by atoms with Crippen LogP contribution in [-0.2, 0) is 11.2 Å². The molecule has 0 bridgehead atoms. The van der Waals surface area contributed by atoms with Crippen LogP contribution in [0.2, 0.25) is 0 Å². The number of aromatic hydroxyl groups is 2. The fourth-order valence-electron chi connectivity index (χ4n) is 1.70. The Labute approximate surface area is 110 Å². The maximum absolute atomic E-state index is 11.6. The van der Waals surface area contributed by atoms with Gasteiger partial charge in [0, 0.05) is 24.6 Å². The summed E-state index contributed by atoms with van der Waals surface area (Å²) in [4.78, 5) is 11.6. The molecule has 0 radical (unpaired) electrons. The second-order valence-corrected chi connectivity index (χ2v) is 4.14. The lowest BCUT2D eigenvalue weighted by molar-refractivity contribution is -0.134. The monoisotopic (exact) mass is 258 g/mol. The number of phenolic OH excluding ortho intramolecular Hbond substituents is 2. The molecule has 4 heteroatoms. The minimum atomic E-state index is -0.408. The zero-order chi connectivity index (χ0) is 13.7. The third kappa shape index (κ3) is 4.03. The topological polar surface area (TPSA) is 66.8 Å². The maximum atomic E-state index is 11.6. The number of esters is 1. The molecule has 2 aromatic rings. The third-order valence-corrected chi connectivity index (χ3v) is 2.57. The lowest BCUT2D eigenvalue weighted by Crippen LogP contribution is -2.08. The van der Waals surface area contributed by atoms with Gasteiger partial charge in [-0.15, -0.1) is 0 Å². The SMILES string of the molecule is O=C(CCc1ccccc1)Oc1cc(O)cc(O)c1. The van der Waals surface area contributed by atoms with E-state index in [2.05, 4.69) is 0 Å². The molecule has 0 atom stereocenters. The van der Waals surface area contributed by atoms with E-state index in [1.54, 1.807) is 0 Å². The standard InChI is InChI=1S/C15H14O4/c16-12-8-13(17)10-14(9-12)19-15(18)7-6-11-4-2-1-3-5-11/h1-5,8-10,16-17H,6-7H2. The van der Waals surface area contributed by atoms with Gasteiger partial charge in [0.2, 0.25) is 0 Å². The molecule has 2 N–H and O–H groups in total. The summed E-state index contributed by atoms with van der Waals surface area (Å²) in [6.45, 7) is 0. The van der Waals surface area contributed by atoms with Crippen molar-refractivity contribution in [2.24, 2.45) is 0 Å². The van der Waals surface area contributed by atoms with E-state index in [1.165, 1.54) is 18.2 Å². The minimum absolute atomic E-state index is 0.135. The molecule has 98 valence electrons. The first-order valence-electron chi connectivity index (χ1n) is 5.91. The van der Waals surface area contributed by atoms with E-state index >= 15 is 0 Å². The van der Waals surface area contributed by atoms with Crippen molar-refractivity contribution < 1.29 is 19.7 Å². The van der Waals surface area contributed by atoms with Crippen LogP contribution in [0.4, 0.5) is 0 Å². The molecule has 19 heavy (non-hydrogen) atoms. The van der Waals surface area contributed by atoms with Crippen molar-refractivity contribution in [1.82, 2.24) is 0 Å². The molecular formula is C15H14O4. The lowest BCUT2D eigenvalue weighted by atomic mass is 10.1. The summed E-state index contributed by atoms with van der Waals surface area (Å²) < 4.78 is 5.04. The molecule has 0 heterocycles. The van der Waals surface area contributed by atoms with Crippen LogP contribution in [0.5, 0.6) is 17.2 Å². The van der Waals surface area contributed by atoms with Crippen molar-refractivity contribution in [1.29, 1.82) is 0 Å². The van der Waals surface area contributed by atoms with Crippen LogP contribution in [-0.4, -0.2) is 16.2 Å². The minimum Gasteiger partial charge on any atom is -0.508 e. The van der Waals surface area contributed by atoms with Gasteiger partial charge in [-0.05, 0) is 12.0 Å². The molecule has 0 aliphatic carbocycles. The Morgan fingerprint density at radius 3 is 2.26 bits per heavy atom. The predicted octanol–water partition coefficient (Wildman–Crippen LogP) is 2.64. The van der Waals surface area contributed by atoms with E-state index in [1.807, 2.05) is 30.3 Å². The smallest absolute Gasteiger partial charge is 0.311 e. The van der Waals surface area contributed by atoms with Gasteiger partial charge in [0.25, 0.3) is 0 Å². The van der Waals surface area contributed by atoms with E-state index in [-0.39, 0.29) is 23.7 Å². The molecule has 0 spiro atoms. The number of hydrogen-bond acceptors (Lipinski definition) is 4. The van der Waals surface area contributed by atoms with Crippen molar-refractivity contribution >= 4 is 5.97 Å². The Hall–Kier alpha value is -2.49. The highest BCUT2D eigenvalue weighted by Crippen LogP contribution is 2.26. The number of rotatable bonds is 4. The summed E-state index contributed by atoms with van der Waals surface area (Å²) in [6, 6.07) is 13.3. The second kappa shape index (κ2) is 5.91. The number of carbonyl (C=O) groups is 1. The van der Waals surface area contributed by atoms with Crippen LogP contribution >= 0.6 is 0 Å². The molecular weight excluding hydrogens is 244 g/mol. The van der Waals surface area contributed by atoms with Gasteiger partial charge < -0.3 is 14.9 Å². The molecule has 2 rings (SSSR count). The Bertz CT molecular complexity index is 543. The Balaban J connectivity index is 1.91. The van der Waals surface area contributed by atoms with Gasteiger partial charge in [-0.3, -0.25) is 4.79 Å². The van der Waals surface area contributed by atoms with Crippen LogP contribution in [0.1, 0.15) is 12.0 Å².